The van der Waals surface area contributed by atoms with Gasteiger partial charge in [0.1, 0.15) is 0 Å². The molecule has 0 saturated carbocycles. The van der Waals surface area contributed by atoms with Gasteiger partial charge in [0, 0.05) is 37.7 Å². The number of piperazine rings is 1. The van der Waals surface area contributed by atoms with E-state index < -0.39 is 0 Å². The van der Waals surface area contributed by atoms with E-state index in [2.05, 4.69) is 22.1 Å². The monoisotopic (exact) mass is 408 g/mol. The van der Waals surface area contributed by atoms with Crippen molar-refractivity contribution in [3.63, 3.8) is 0 Å². The second-order valence-corrected chi connectivity index (χ2v) is 8.11. The van der Waals surface area contributed by atoms with Crippen molar-refractivity contribution in [2.24, 2.45) is 5.92 Å². The normalized spacial score (nSPS) is 16.6. The van der Waals surface area contributed by atoms with Crippen LogP contribution in [-0.2, 0) is 17.9 Å². The number of halogens is 2. The molecule has 1 atom stereocenters. The van der Waals surface area contributed by atoms with E-state index in [4.69, 9.17) is 23.2 Å². The number of rotatable bonds is 5. The molecule has 1 aromatic heterocycles. The Hall–Kier alpha value is -1.56. The number of carbonyl (C=O) groups excluding carboxylic acids is 1. The molecule has 0 N–H and O–H groups in total. The van der Waals surface area contributed by atoms with Crippen LogP contribution >= 0.6 is 23.2 Å². The summed E-state index contributed by atoms with van der Waals surface area (Å²) < 4.78 is 1.84. The fraction of sp³-hybridized carbons (Fsp3) is 0.500. The van der Waals surface area contributed by atoms with Crippen LogP contribution < -0.4 is 0 Å². The minimum absolute atomic E-state index is 0.123. The Morgan fingerprint density at radius 2 is 1.74 bits per heavy atom. The van der Waals surface area contributed by atoms with Crippen LogP contribution in [0.25, 0.3) is 0 Å². The Morgan fingerprint density at radius 3 is 2.30 bits per heavy atom. The van der Waals surface area contributed by atoms with Gasteiger partial charge >= 0.3 is 0 Å². The lowest BCUT2D eigenvalue weighted by molar-refractivity contribution is -0.137. The Balaban J connectivity index is 1.51. The van der Waals surface area contributed by atoms with E-state index in [1.807, 2.05) is 42.5 Å². The maximum absolute atomic E-state index is 12.8. The van der Waals surface area contributed by atoms with Gasteiger partial charge in [0.25, 0.3) is 0 Å². The van der Waals surface area contributed by atoms with Crippen molar-refractivity contribution < 1.29 is 4.79 Å². The van der Waals surface area contributed by atoms with E-state index in [-0.39, 0.29) is 11.8 Å². The molecule has 1 unspecified atom stereocenters. The van der Waals surface area contributed by atoms with Crippen molar-refractivity contribution >= 4 is 29.1 Å². The third kappa shape index (κ3) is 4.84. The topological polar surface area (TPSA) is 41.4 Å². The largest absolute Gasteiger partial charge is 0.340 e. The number of hydrogen-bond acceptors (Lipinski definition) is 3. The smallest absolute Gasteiger partial charge is 0.227 e. The average molecular weight is 409 g/mol. The Bertz CT molecular complexity index is 795. The third-order valence-electron chi connectivity index (χ3n) is 5.16. The van der Waals surface area contributed by atoms with Crippen molar-refractivity contribution in [3.05, 3.63) is 51.3 Å². The molecule has 27 heavy (non-hydrogen) atoms. The van der Waals surface area contributed by atoms with Crippen LogP contribution in [0.4, 0.5) is 0 Å². The lowest BCUT2D eigenvalue weighted by atomic mass is 10.1. The van der Waals surface area contributed by atoms with Gasteiger partial charge < -0.3 is 4.90 Å². The maximum atomic E-state index is 12.8. The molecule has 1 saturated heterocycles. The summed E-state index contributed by atoms with van der Waals surface area (Å²) in [6.45, 7) is 10.5. The lowest BCUT2D eigenvalue weighted by Crippen LogP contribution is -2.50. The van der Waals surface area contributed by atoms with E-state index in [1.165, 1.54) is 5.56 Å². The summed E-state index contributed by atoms with van der Waals surface area (Å²) in [6.07, 6.45) is 0. The van der Waals surface area contributed by atoms with Gasteiger partial charge in [-0.2, -0.15) is 5.10 Å². The summed E-state index contributed by atoms with van der Waals surface area (Å²) >= 11 is 12.2. The van der Waals surface area contributed by atoms with Crippen LogP contribution in [0.15, 0.2) is 24.3 Å². The summed E-state index contributed by atoms with van der Waals surface area (Å²) in [5.41, 5.74) is 2.97. The second-order valence-electron chi connectivity index (χ2n) is 7.30. The minimum Gasteiger partial charge on any atom is -0.340 e. The van der Waals surface area contributed by atoms with Crippen molar-refractivity contribution in [1.82, 2.24) is 19.6 Å². The SMILES string of the molecule is Cc1nn(CC(C)C(=O)N2CCN(Cc3ccc(Cl)cc3)CC2)c(C)c1Cl. The number of hydrogen-bond donors (Lipinski definition) is 0. The Kier molecular flexibility index (Phi) is 6.45. The molecule has 0 aliphatic carbocycles. The Labute approximate surface area is 170 Å². The molecular formula is C20H26Cl2N4O. The van der Waals surface area contributed by atoms with Crippen LogP contribution in [0.1, 0.15) is 23.9 Å². The minimum atomic E-state index is -0.123. The number of aromatic nitrogens is 2. The molecule has 1 aromatic carbocycles. The number of carbonyl (C=O) groups is 1. The molecule has 1 amide bonds. The van der Waals surface area contributed by atoms with Crippen LogP contribution in [0.3, 0.4) is 0 Å². The van der Waals surface area contributed by atoms with Crippen molar-refractivity contribution in [1.29, 1.82) is 0 Å². The molecule has 146 valence electrons. The van der Waals surface area contributed by atoms with Gasteiger partial charge in [0.2, 0.25) is 5.91 Å². The van der Waals surface area contributed by atoms with Crippen LogP contribution in [0.5, 0.6) is 0 Å². The summed E-state index contributed by atoms with van der Waals surface area (Å²) in [5.74, 6) is 0.0618. The van der Waals surface area contributed by atoms with Crippen LogP contribution in [-0.4, -0.2) is 51.7 Å². The van der Waals surface area contributed by atoms with Gasteiger partial charge in [-0.25, -0.2) is 0 Å². The summed E-state index contributed by atoms with van der Waals surface area (Å²) in [4.78, 5) is 17.2. The molecule has 2 heterocycles. The molecule has 0 radical (unpaired) electrons. The van der Waals surface area contributed by atoms with Gasteiger partial charge in [-0.15, -0.1) is 0 Å². The maximum Gasteiger partial charge on any atom is 0.227 e. The fourth-order valence-corrected chi connectivity index (χ4v) is 3.74. The van der Waals surface area contributed by atoms with Gasteiger partial charge in [0.05, 0.1) is 28.9 Å². The Morgan fingerprint density at radius 1 is 1.11 bits per heavy atom. The van der Waals surface area contributed by atoms with E-state index >= 15 is 0 Å². The first-order valence-corrected chi connectivity index (χ1v) is 10.1. The number of nitrogens with zero attached hydrogens (tertiary/aromatic N) is 4. The predicted octanol–water partition coefficient (Wildman–Crippen LogP) is 3.79. The molecule has 0 spiro atoms. The highest BCUT2D eigenvalue weighted by atomic mass is 35.5. The first kappa shape index (κ1) is 20.2. The van der Waals surface area contributed by atoms with Gasteiger partial charge in [-0.1, -0.05) is 42.3 Å². The molecule has 1 aliphatic heterocycles. The third-order valence-corrected chi connectivity index (χ3v) is 5.96. The van der Waals surface area contributed by atoms with E-state index in [0.29, 0.717) is 11.6 Å². The summed E-state index contributed by atoms with van der Waals surface area (Å²) in [6, 6.07) is 7.95. The second kappa shape index (κ2) is 8.63. The van der Waals surface area contributed by atoms with Crippen molar-refractivity contribution in [3.8, 4) is 0 Å². The van der Waals surface area contributed by atoms with Gasteiger partial charge in [-0.3, -0.25) is 14.4 Å². The molecule has 5 nitrogen and oxygen atoms in total. The predicted molar refractivity (Wildman–Crippen MR) is 109 cm³/mol. The van der Waals surface area contributed by atoms with E-state index in [9.17, 15) is 4.79 Å². The van der Waals surface area contributed by atoms with Crippen molar-refractivity contribution in [2.75, 3.05) is 26.2 Å². The molecule has 2 aromatic rings. The number of amides is 1. The highest BCUT2D eigenvalue weighted by Crippen LogP contribution is 2.20. The number of benzene rings is 1. The molecule has 1 fully saturated rings. The highest BCUT2D eigenvalue weighted by Gasteiger charge is 2.26. The number of aryl methyl sites for hydroxylation is 1. The lowest BCUT2D eigenvalue weighted by Gasteiger charge is -2.36. The quantitative estimate of drug-likeness (QED) is 0.755. The zero-order valence-corrected chi connectivity index (χ0v) is 17.6. The average Bonchev–Trinajstić information content (AvgIpc) is 2.90. The van der Waals surface area contributed by atoms with Crippen LogP contribution in [0, 0.1) is 19.8 Å². The van der Waals surface area contributed by atoms with E-state index in [0.717, 1.165) is 49.1 Å². The molecule has 0 bridgehead atoms. The molecule has 1 aliphatic rings. The first-order valence-electron chi connectivity index (χ1n) is 9.30. The summed E-state index contributed by atoms with van der Waals surface area (Å²) in [5, 5.41) is 5.88. The zero-order valence-electron chi connectivity index (χ0n) is 16.1. The molecule has 7 heteroatoms. The van der Waals surface area contributed by atoms with Crippen molar-refractivity contribution in [2.45, 2.75) is 33.9 Å². The highest BCUT2D eigenvalue weighted by molar-refractivity contribution is 6.31. The van der Waals surface area contributed by atoms with Gasteiger partial charge in [-0.05, 0) is 31.5 Å². The summed E-state index contributed by atoms with van der Waals surface area (Å²) in [7, 11) is 0. The first-order chi connectivity index (χ1) is 12.8. The fourth-order valence-electron chi connectivity index (χ4n) is 3.48. The van der Waals surface area contributed by atoms with Gasteiger partial charge in [0.15, 0.2) is 0 Å². The standard InChI is InChI=1S/C20H26Cl2N4O/c1-14(12-26-16(3)19(22)15(2)23-26)20(27)25-10-8-24(9-11-25)13-17-4-6-18(21)7-5-17/h4-7,14H,8-13H2,1-3H3. The molecular weight excluding hydrogens is 383 g/mol. The molecule has 3 rings (SSSR count). The van der Waals surface area contributed by atoms with Crippen LogP contribution in [0.2, 0.25) is 10.0 Å². The van der Waals surface area contributed by atoms with E-state index in [1.54, 1.807) is 0 Å². The zero-order chi connectivity index (χ0) is 19.6.